The molecule has 4 nitrogen and oxygen atoms in total. The van der Waals surface area contributed by atoms with E-state index in [-0.39, 0.29) is 7.12 Å². The van der Waals surface area contributed by atoms with Crippen LogP contribution in [0.5, 0.6) is 0 Å². The molecular formula is C5H7N3O. The van der Waals surface area contributed by atoms with Crippen LogP contribution in [0.3, 0.4) is 0 Å². The van der Waals surface area contributed by atoms with Crippen LogP contribution in [0.4, 0.5) is 0 Å². The summed E-state index contributed by atoms with van der Waals surface area (Å²) in [4.78, 5) is 17.6. The maximum Gasteiger partial charge on any atom is 0.268 e. The Morgan fingerprint density at radius 3 is 2.78 bits per heavy atom. The zero-order chi connectivity index (χ0) is 6.69. The molecule has 0 saturated heterocycles. The van der Waals surface area contributed by atoms with Crippen LogP contribution in [0.2, 0.25) is 0 Å². The first kappa shape index (κ1) is 5.68. The summed E-state index contributed by atoms with van der Waals surface area (Å²) in [6.45, 7) is 0. The quantitative estimate of drug-likeness (QED) is 0.566. The van der Waals surface area contributed by atoms with Crippen molar-refractivity contribution in [2.24, 2.45) is 5.73 Å². The maximum absolute atomic E-state index is 10.3. The van der Waals surface area contributed by atoms with E-state index in [0.717, 1.165) is 0 Å². The van der Waals surface area contributed by atoms with Crippen molar-refractivity contribution in [1.29, 1.82) is 0 Å². The van der Waals surface area contributed by atoms with Crippen LogP contribution < -0.4 is 5.73 Å². The molecule has 0 saturated carbocycles. The first-order chi connectivity index (χ1) is 4.30. The molecule has 48 valence electrons. The van der Waals surface area contributed by atoms with Gasteiger partial charge < -0.3 is 5.73 Å². The number of hydrogen-bond donors (Lipinski definition) is 1. The van der Waals surface area contributed by atoms with E-state index in [0.29, 0.717) is 0 Å². The lowest BCUT2D eigenvalue weighted by Crippen LogP contribution is -2.12. The van der Waals surface area contributed by atoms with Crippen molar-refractivity contribution in [3.63, 3.8) is 0 Å². The molecule has 1 rings (SSSR count). The highest BCUT2D eigenvalue weighted by Gasteiger charge is 1.97. The molecule has 0 aliphatic carbocycles. The van der Waals surface area contributed by atoms with Crippen molar-refractivity contribution in [3.05, 3.63) is 24.3 Å². The van der Waals surface area contributed by atoms with Gasteiger partial charge >= 0.3 is 0 Å². The molecule has 0 aromatic carbocycles. The molecule has 0 unspecified atom stereocenters. The molecule has 1 heterocycles. The molecule has 2 N–H and O–H groups in total. The first-order valence-electron chi connectivity index (χ1n) is 2.36. The zero-order valence-corrected chi connectivity index (χ0v) is 4.61. The summed E-state index contributed by atoms with van der Waals surface area (Å²) < 4.78 is 0. The van der Waals surface area contributed by atoms with Crippen molar-refractivity contribution >= 4 is 5.91 Å². The van der Waals surface area contributed by atoms with Crippen molar-refractivity contribution in [2.45, 2.75) is 0 Å². The first-order valence-corrected chi connectivity index (χ1v) is 2.36. The second kappa shape index (κ2) is 2.21. The van der Waals surface area contributed by atoms with Crippen LogP contribution in [0.25, 0.3) is 0 Å². The number of nitrogens with two attached hydrogens (primary N) is 1. The fraction of sp³-hybridized carbons (Fsp3) is 0. The Bertz CT molecular complexity index is 213. The number of nitrogens with zero attached hydrogens (tertiary/aromatic N) is 2. The normalized spacial score (nSPS) is 8.89. The third kappa shape index (κ3) is 1.22. The van der Waals surface area contributed by atoms with Crippen LogP contribution >= 0.6 is 0 Å². The molecule has 4 heteroatoms. The standard InChI is InChI=1S/C5H5N3O.H2/c6-5(9)4-3-7-1-2-8-4;/h1-3H,(H2,6,9);1H. The molecule has 1 aromatic rings. The zero-order valence-electron chi connectivity index (χ0n) is 4.61. The molecule has 1 aromatic heterocycles. The van der Waals surface area contributed by atoms with Crippen LogP contribution in [0.15, 0.2) is 18.6 Å². The van der Waals surface area contributed by atoms with E-state index in [1.807, 2.05) is 0 Å². The summed E-state index contributed by atoms with van der Waals surface area (Å²) in [5, 5.41) is 0. The van der Waals surface area contributed by atoms with Crippen LogP contribution in [0, 0.1) is 0 Å². The largest absolute Gasteiger partial charge is 0.364 e. The molecular weight excluding hydrogens is 118 g/mol. The lowest BCUT2D eigenvalue weighted by Gasteiger charge is -1.87. The monoisotopic (exact) mass is 125 g/mol. The van der Waals surface area contributed by atoms with Crippen molar-refractivity contribution in [3.8, 4) is 0 Å². The van der Waals surface area contributed by atoms with Crippen molar-refractivity contribution < 1.29 is 6.22 Å². The molecule has 1 amide bonds. The molecule has 0 aliphatic heterocycles. The summed E-state index contributed by atoms with van der Waals surface area (Å²) in [6.07, 6.45) is 4.22. The van der Waals surface area contributed by atoms with Gasteiger partial charge in [-0.25, -0.2) is 4.98 Å². The molecule has 0 bridgehead atoms. The summed E-state index contributed by atoms with van der Waals surface area (Å²) in [7, 11) is 0. The number of rotatable bonds is 1. The number of hydrogen-bond acceptors (Lipinski definition) is 3. The van der Waals surface area contributed by atoms with E-state index < -0.39 is 5.91 Å². The predicted molar refractivity (Wildman–Crippen MR) is 32.7 cm³/mol. The van der Waals surface area contributed by atoms with Gasteiger partial charge in [0.05, 0.1) is 6.20 Å². The number of primary amides is 1. The fourth-order valence-electron chi connectivity index (χ4n) is 0.426. The predicted octanol–water partition coefficient (Wildman–Crippen LogP) is -0.179. The van der Waals surface area contributed by atoms with E-state index in [4.69, 9.17) is 5.73 Å². The van der Waals surface area contributed by atoms with Crippen LogP contribution in [0.1, 0.15) is 11.9 Å². The highest BCUT2D eigenvalue weighted by Crippen LogP contribution is 1.84. The Labute approximate surface area is 53.2 Å². The van der Waals surface area contributed by atoms with Gasteiger partial charge in [0.1, 0.15) is 5.69 Å². The average Bonchev–Trinajstić information content (AvgIpc) is 1.90. The van der Waals surface area contributed by atoms with Gasteiger partial charge in [0.2, 0.25) is 0 Å². The second-order valence-electron chi connectivity index (χ2n) is 1.45. The lowest BCUT2D eigenvalue weighted by atomic mass is 10.4. The second-order valence-corrected chi connectivity index (χ2v) is 1.45. The van der Waals surface area contributed by atoms with Crippen LogP contribution in [-0.2, 0) is 0 Å². The van der Waals surface area contributed by atoms with Gasteiger partial charge in [0.25, 0.3) is 5.91 Å². The summed E-state index contributed by atoms with van der Waals surface area (Å²) >= 11 is 0. The molecule has 0 radical (unpaired) electrons. The highest BCUT2D eigenvalue weighted by molar-refractivity contribution is 5.90. The minimum absolute atomic E-state index is 0. The SMILES string of the molecule is NC(=O)c1cnccn1.[HH]. The third-order valence-corrected chi connectivity index (χ3v) is 0.816. The van der Waals surface area contributed by atoms with Crippen molar-refractivity contribution in [1.82, 2.24) is 9.97 Å². The molecule has 0 aliphatic rings. The Hall–Kier alpha value is -1.45. The van der Waals surface area contributed by atoms with E-state index in [1.54, 1.807) is 0 Å². The summed E-state index contributed by atoms with van der Waals surface area (Å²) in [5.41, 5.74) is 5.06. The van der Waals surface area contributed by atoms with Gasteiger partial charge in [-0.1, -0.05) is 0 Å². The Morgan fingerprint density at radius 2 is 2.44 bits per heavy atom. The van der Waals surface area contributed by atoms with Gasteiger partial charge in [-0.3, -0.25) is 9.78 Å². The van der Waals surface area contributed by atoms with Gasteiger partial charge in [0, 0.05) is 13.8 Å². The summed E-state index contributed by atoms with van der Waals surface area (Å²) in [5.74, 6) is -0.553. The van der Waals surface area contributed by atoms with Gasteiger partial charge in [-0.05, 0) is 0 Å². The smallest absolute Gasteiger partial charge is 0.268 e. The lowest BCUT2D eigenvalue weighted by molar-refractivity contribution is 0.0995. The highest BCUT2D eigenvalue weighted by atomic mass is 16.1. The van der Waals surface area contributed by atoms with Gasteiger partial charge in [-0.2, -0.15) is 0 Å². The fourth-order valence-corrected chi connectivity index (χ4v) is 0.426. The number of amides is 1. The van der Waals surface area contributed by atoms with E-state index in [1.165, 1.54) is 18.6 Å². The van der Waals surface area contributed by atoms with E-state index in [9.17, 15) is 4.79 Å². The Morgan fingerprint density at radius 1 is 1.67 bits per heavy atom. The number of carbonyl (C=O) groups is 1. The average molecular weight is 125 g/mol. The number of aromatic nitrogens is 2. The molecule has 0 fully saturated rings. The molecule has 0 spiro atoms. The third-order valence-electron chi connectivity index (χ3n) is 0.816. The molecule has 0 atom stereocenters. The van der Waals surface area contributed by atoms with E-state index >= 15 is 0 Å². The number of carbonyl (C=O) groups excluding carboxylic acids is 1. The van der Waals surface area contributed by atoms with Crippen LogP contribution in [-0.4, -0.2) is 15.9 Å². The topological polar surface area (TPSA) is 68.9 Å². The van der Waals surface area contributed by atoms with E-state index in [2.05, 4.69) is 9.97 Å². The van der Waals surface area contributed by atoms with Gasteiger partial charge in [-0.15, -0.1) is 0 Å². The van der Waals surface area contributed by atoms with Crippen molar-refractivity contribution in [2.75, 3.05) is 0 Å². The Balaban J connectivity index is 0.000000810. The maximum atomic E-state index is 10.3. The Kier molecular flexibility index (Phi) is 1.40. The summed E-state index contributed by atoms with van der Waals surface area (Å²) in [6, 6.07) is 0. The minimum atomic E-state index is -0.553. The molecule has 9 heavy (non-hydrogen) atoms. The van der Waals surface area contributed by atoms with Gasteiger partial charge in [0.15, 0.2) is 0 Å². The minimum Gasteiger partial charge on any atom is -0.364 e.